The number of carbonyl (C=O) groups is 1. The number of aliphatic hydroxyl groups is 1. The molecule has 3 heteroatoms. The molecule has 0 aliphatic rings. The van der Waals surface area contributed by atoms with Gasteiger partial charge in [-0.05, 0) is 20.3 Å². The van der Waals surface area contributed by atoms with Crippen LogP contribution in [0.25, 0.3) is 0 Å². The van der Waals surface area contributed by atoms with E-state index in [9.17, 15) is 4.79 Å². The second-order valence-electron chi connectivity index (χ2n) is 2.67. The van der Waals surface area contributed by atoms with Gasteiger partial charge in [0.25, 0.3) is 0 Å². The fourth-order valence-electron chi connectivity index (χ4n) is 0.837. The summed E-state index contributed by atoms with van der Waals surface area (Å²) in [5.41, 5.74) is 0. The van der Waals surface area contributed by atoms with Crippen LogP contribution in [-0.4, -0.2) is 30.2 Å². The molecule has 1 N–H and O–H groups in total. The highest BCUT2D eigenvalue weighted by atomic mass is 16.5. The van der Waals surface area contributed by atoms with Crippen molar-refractivity contribution in [3.63, 3.8) is 0 Å². The van der Waals surface area contributed by atoms with Gasteiger partial charge in [-0.2, -0.15) is 0 Å². The zero-order valence-electron chi connectivity index (χ0n) is 7.12. The summed E-state index contributed by atoms with van der Waals surface area (Å²) in [7, 11) is 0. The van der Waals surface area contributed by atoms with Crippen LogP contribution in [0.5, 0.6) is 0 Å². The van der Waals surface area contributed by atoms with Crippen molar-refractivity contribution < 1.29 is 14.6 Å². The van der Waals surface area contributed by atoms with Gasteiger partial charge in [-0.1, -0.05) is 0 Å². The fraction of sp³-hybridized carbons (Fsp3) is 0.875. The highest BCUT2D eigenvalue weighted by Crippen LogP contribution is 2.03. The predicted molar refractivity (Wildman–Crippen MR) is 42.4 cm³/mol. The summed E-state index contributed by atoms with van der Waals surface area (Å²) >= 11 is 0. The standard InChI is InChI=1S/C8H16O3/c1-7(3-5-9)11-8(2)4-6-10/h5,7-8,10H,3-4,6H2,1-2H3/t7-,8+/m0/s1. The van der Waals surface area contributed by atoms with Crippen LogP contribution in [0.4, 0.5) is 0 Å². The van der Waals surface area contributed by atoms with Crippen molar-refractivity contribution in [3.8, 4) is 0 Å². The van der Waals surface area contributed by atoms with E-state index in [2.05, 4.69) is 0 Å². The number of hydrogen-bond acceptors (Lipinski definition) is 3. The highest BCUT2D eigenvalue weighted by Gasteiger charge is 2.06. The Morgan fingerprint density at radius 2 is 2.09 bits per heavy atom. The summed E-state index contributed by atoms with van der Waals surface area (Å²) in [4.78, 5) is 10.0. The largest absolute Gasteiger partial charge is 0.396 e. The molecule has 0 saturated carbocycles. The predicted octanol–water partition coefficient (Wildman–Crippen LogP) is 0.751. The molecule has 2 atom stereocenters. The molecule has 0 aromatic rings. The summed E-state index contributed by atoms with van der Waals surface area (Å²) in [5.74, 6) is 0. The molecule has 0 rings (SSSR count). The van der Waals surface area contributed by atoms with Crippen LogP contribution in [0, 0.1) is 0 Å². The number of hydrogen-bond donors (Lipinski definition) is 1. The van der Waals surface area contributed by atoms with Crippen molar-refractivity contribution in [2.45, 2.75) is 38.9 Å². The Bertz CT molecular complexity index is 104. The molecule has 3 nitrogen and oxygen atoms in total. The second-order valence-corrected chi connectivity index (χ2v) is 2.67. The third-order valence-corrected chi connectivity index (χ3v) is 1.43. The van der Waals surface area contributed by atoms with Gasteiger partial charge in [0.1, 0.15) is 6.29 Å². The quantitative estimate of drug-likeness (QED) is 0.583. The first-order chi connectivity index (χ1) is 5.20. The van der Waals surface area contributed by atoms with Crippen molar-refractivity contribution in [1.82, 2.24) is 0 Å². The Kier molecular flexibility index (Phi) is 6.07. The average molecular weight is 160 g/mol. The van der Waals surface area contributed by atoms with Gasteiger partial charge < -0.3 is 14.6 Å². The second kappa shape index (κ2) is 6.31. The number of aldehydes is 1. The van der Waals surface area contributed by atoms with Gasteiger partial charge in [0.15, 0.2) is 0 Å². The van der Waals surface area contributed by atoms with Crippen molar-refractivity contribution in [3.05, 3.63) is 0 Å². The van der Waals surface area contributed by atoms with Crippen LogP contribution in [0.1, 0.15) is 26.7 Å². The summed E-state index contributed by atoms with van der Waals surface area (Å²) in [6.07, 6.45) is 1.90. The highest BCUT2D eigenvalue weighted by molar-refractivity contribution is 5.49. The van der Waals surface area contributed by atoms with E-state index in [1.54, 1.807) is 0 Å². The molecule has 0 unspecified atom stereocenters. The minimum Gasteiger partial charge on any atom is -0.396 e. The smallest absolute Gasteiger partial charge is 0.122 e. The molecule has 0 aromatic heterocycles. The van der Waals surface area contributed by atoms with Gasteiger partial charge >= 0.3 is 0 Å². The number of aliphatic hydroxyl groups excluding tert-OH is 1. The van der Waals surface area contributed by atoms with Crippen molar-refractivity contribution >= 4 is 6.29 Å². The van der Waals surface area contributed by atoms with E-state index in [1.165, 1.54) is 0 Å². The van der Waals surface area contributed by atoms with Crippen LogP contribution >= 0.6 is 0 Å². The zero-order chi connectivity index (χ0) is 8.69. The molecule has 0 radical (unpaired) electrons. The topological polar surface area (TPSA) is 46.5 Å². The summed E-state index contributed by atoms with van der Waals surface area (Å²) in [6, 6.07) is 0. The first-order valence-corrected chi connectivity index (χ1v) is 3.90. The van der Waals surface area contributed by atoms with Gasteiger partial charge in [0, 0.05) is 13.0 Å². The van der Waals surface area contributed by atoms with Gasteiger partial charge in [0.2, 0.25) is 0 Å². The maximum atomic E-state index is 10.0. The lowest BCUT2D eigenvalue weighted by molar-refractivity contribution is -0.111. The third kappa shape index (κ3) is 6.01. The van der Waals surface area contributed by atoms with Crippen LogP contribution < -0.4 is 0 Å². The molecule has 0 saturated heterocycles. The number of rotatable bonds is 6. The maximum Gasteiger partial charge on any atom is 0.122 e. The van der Waals surface area contributed by atoms with Gasteiger partial charge in [-0.25, -0.2) is 0 Å². The van der Waals surface area contributed by atoms with Crippen LogP contribution in [0.2, 0.25) is 0 Å². The van der Waals surface area contributed by atoms with Crippen LogP contribution in [0.3, 0.4) is 0 Å². The van der Waals surface area contributed by atoms with Gasteiger partial charge in [-0.3, -0.25) is 0 Å². The average Bonchev–Trinajstić information content (AvgIpc) is 1.87. The molecule has 0 aliphatic heterocycles. The Balaban J connectivity index is 3.39. The van der Waals surface area contributed by atoms with E-state index < -0.39 is 0 Å². The fourth-order valence-corrected chi connectivity index (χ4v) is 0.837. The third-order valence-electron chi connectivity index (χ3n) is 1.43. The Morgan fingerprint density at radius 3 is 2.55 bits per heavy atom. The summed E-state index contributed by atoms with van der Waals surface area (Å²) in [6.45, 7) is 3.87. The van der Waals surface area contributed by atoms with Gasteiger partial charge in [-0.15, -0.1) is 0 Å². The van der Waals surface area contributed by atoms with E-state index in [4.69, 9.17) is 9.84 Å². The molecule has 0 bridgehead atoms. The van der Waals surface area contributed by atoms with E-state index >= 15 is 0 Å². The zero-order valence-corrected chi connectivity index (χ0v) is 7.12. The monoisotopic (exact) mass is 160 g/mol. The van der Waals surface area contributed by atoms with Gasteiger partial charge in [0.05, 0.1) is 12.2 Å². The summed E-state index contributed by atoms with van der Waals surface area (Å²) < 4.78 is 5.34. The summed E-state index contributed by atoms with van der Waals surface area (Å²) in [5, 5.41) is 8.53. The molecule has 66 valence electrons. The van der Waals surface area contributed by atoms with E-state index in [0.717, 1.165) is 6.29 Å². The molecule has 0 amide bonds. The normalized spacial score (nSPS) is 15.9. The van der Waals surface area contributed by atoms with E-state index in [1.807, 2.05) is 13.8 Å². The van der Waals surface area contributed by atoms with Crippen LogP contribution in [0.15, 0.2) is 0 Å². The van der Waals surface area contributed by atoms with Crippen LogP contribution in [-0.2, 0) is 9.53 Å². The van der Waals surface area contributed by atoms with E-state index in [0.29, 0.717) is 12.8 Å². The number of ether oxygens (including phenoxy) is 1. The molecule has 0 fully saturated rings. The first kappa shape index (κ1) is 10.6. The molecule has 0 heterocycles. The Morgan fingerprint density at radius 1 is 1.45 bits per heavy atom. The molecule has 0 aliphatic carbocycles. The Hall–Kier alpha value is -0.410. The van der Waals surface area contributed by atoms with Crippen molar-refractivity contribution in [2.24, 2.45) is 0 Å². The van der Waals surface area contributed by atoms with E-state index in [-0.39, 0.29) is 18.8 Å². The lowest BCUT2D eigenvalue weighted by Crippen LogP contribution is -2.18. The first-order valence-electron chi connectivity index (χ1n) is 3.90. The molecule has 0 aromatic carbocycles. The van der Waals surface area contributed by atoms with Crippen molar-refractivity contribution in [1.29, 1.82) is 0 Å². The Labute approximate surface area is 67.4 Å². The minimum absolute atomic E-state index is 0.0333. The molecule has 11 heavy (non-hydrogen) atoms. The lowest BCUT2D eigenvalue weighted by Gasteiger charge is -2.16. The molecular weight excluding hydrogens is 144 g/mol. The minimum atomic E-state index is -0.0333. The SMILES string of the molecule is C[C@H](CCO)O[C@@H](C)CC=O. The molecule has 0 spiro atoms. The van der Waals surface area contributed by atoms with Crippen molar-refractivity contribution in [2.75, 3.05) is 6.61 Å². The number of carbonyl (C=O) groups excluding carboxylic acids is 1. The lowest BCUT2D eigenvalue weighted by atomic mass is 10.2. The maximum absolute atomic E-state index is 10.0. The molecular formula is C8H16O3.